The van der Waals surface area contributed by atoms with Gasteiger partial charge in [-0.05, 0) is 42.2 Å². The molecule has 0 spiro atoms. The second-order valence-corrected chi connectivity index (χ2v) is 7.66. The highest BCUT2D eigenvalue weighted by molar-refractivity contribution is 5.98. The Morgan fingerprint density at radius 3 is 2.32 bits per heavy atom. The van der Waals surface area contributed by atoms with E-state index in [0.717, 1.165) is 49.9 Å². The molecule has 1 saturated heterocycles. The lowest BCUT2D eigenvalue weighted by molar-refractivity contribution is -0.132. The van der Waals surface area contributed by atoms with Crippen LogP contribution in [0.25, 0.3) is 0 Å². The number of hydrogen-bond acceptors (Lipinski definition) is 2. The summed E-state index contributed by atoms with van der Waals surface area (Å²) in [5, 5.41) is 0. The lowest BCUT2D eigenvalue weighted by Crippen LogP contribution is -2.37. The van der Waals surface area contributed by atoms with Gasteiger partial charge in [0.05, 0.1) is 12.5 Å². The fraction of sp³-hybridized carbons (Fsp3) is 0.391. The minimum atomic E-state index is -0.392. The van der Waals surface area contributed by atoms with Crippen molar-refractivity contribution >= 4 is 11.8 Å². The SMILES string of the molecule is O=C(CC(c1ccc(F)cc1)N1Cc2ccccc2C1=O)N1CCCCCC1. The third kappa shape index (κ3) is 3.79. The predicted molar refractivity (Wildman–Crippen MR) is 105 cm³/mol. The fourth-order valence-corrected chi connectivity index (χ4v) is 4.24. The molecule has 2 aliphatic rings. The highest BCUT2D eigenvalue weighted by Gasteiger charge is 2.35. The summed E-state index contributed by atoms with van der Waals surface area (Å²) in [6.45, 7) is 2.04. The van der Waals surface area contributed by atoms with Crippen LogP contribution in [0.4, 0.5) is 4.39 Å². The molecule has 2 aliphatic heterocycles. The van der Waals surface area contributed by atoms with Crippen LogP contribution in [0.15, 0.2) is 48.5 Å². The van der Waals surface area contributed by atoms with Crippen molar-refractivity contribution < 1.29 is 14.0 Å². The van der Waals surface area contributed by atoms with Gasteiger partial charge in [0.2, 0.25) is 5.91 Å². The van der Waals surface area contributed by atoms with Crippen LogP contribution in [0.5, 0.6) is 0 Å². The molecule has 2 aromatic carbocycles. The monoisotopic (exact) mass is 380 g/mol. The van der Waals surface area contributed by atoms with Crippen molar-refractivity contribution in [3.8, 4) is 0 Å². The van der Waals surface area contributed by atoms with Crippen molar-refractivity contribution in [1.29, 1.82) is 0 Å². The van der Waals surface area contributed by atoms with E-state index in [-0.39, 0.29) is 24.1 Å². The Kier molecular flexibility index (Phi) is 5.42. The molecule has 0 N–H and O–H groups in total. The van der Waals surface area contributed by atoms with Gasteiger partial charge in [-0.2, -0.15) is 0 Å². The minimum absolute atomic E-state index is 0.0615. The second kappa shape index (κ2) is 8.13. The molecular weight excluding hydrogens is 355 g/mol. The summed E-state index contributed by atoms with van der Waals surface area (Å²) in [4.78, 5) is 29.8. The molecule has 2 aromatic rings. The van der Waals surface area contributed by atoms with Gasteiger partial charge in [0.25, 0.3) is 5.91 Å². The summed E-state index contributed by atoms with van der Waals surface area (Å²) in [7, 11) is 0. The molecule has 1 unspecified atom stereocenters. The van der Waals surface area contributed by atoms with Gasteiger partial charge in [-0.25, -0.2) is 4.39 Å². The molecule has 0 saturated carbocycles. The number of halogens is 1. The van der Waals surface area contributed by atoms with E-state index in [4.69, 9.17) is 0 Å². The van der Waals surface area contributed by atoms with Gasteiger partial charge in [-0.1, -0.05) is 43.2 Å². The molecule has 5 heteroatoms. The summed E-state index contributed by atoms with van der Waals surface area (Å²) in [5.74, 6) is -0.314. The van der Waals surface area contributed by atoms with E-state index in [9.17, 15) is 14.0 Å². The molecule has 2 amide bonds. The maximum Gasteiger partial charge on any atom is 0.255 e. The van der Waals surface area contributed by atoms with Gasteiger partial charge in [0, 0.05) is 25.2 Å². The number of nitrogens with zero attached hydrogens (tertiary/aromatic N) is 2. The third-order valence-corrected chi connectivity index (χ3v) is 5.81. The molecule has 0 aromatic heterocycles. The van der Waals surface area contributed by atoms with Crippen molar-refractivity contribution in [3.63, 3.8) is 0 Å². The van der Waals surface area contributed by atoms with Crippen LogP contribution in [0.1, 0.15) is 59.6 Å². The first-order chi connectivity index (χ1) is 13.6. The van der Waals surface area contributed by atoms with Crippen LogP contribution in [0, 0.1) is 5.82 Å². The van der Waals surface area contributed by atoms with Gasteiger partial charge in [-0.15, -0.1) is 0 Å². The van der Waals surface area contributed by atoms with Crippen LogP contribution < -0.4 is 0 Å². The van der Waals surface area contributed by atoms with Crippen LogP contribution in [-0.2, 0) is 11.3 Å². The second-order valence-electron chi connectivity index (χ2n) is 7.66. The summed E-state index contributed by atoms with van der Waals surface area (Å²) < 4.78 is 13.5. The Hall–Kier alpha value is -2.69. The van der Waals surface area contributed by atoms with E-state index >= 15 is 0 Å². The zero-order valence-corrected chi connectivity index (χ0v) is 15.9. The Morgan fingerprint density at radius 2 is 1.64 bits per heavy atom. The normalized spacial score (nSPS) is 18.0. The average Bonchev–Trinajstić information content (AvgIpc) is 2.88. The molecule has 4 rings (SSSR count). The maximum atomic E-state index is 13.5. The van der Waals surface area contributed by atoms with Gasteiger partial charge < -0.3 is 9.80 Å². The van der Waals surface area contributed by atoms with E-state index < -0.39 is 6.04 Å². The average molecular weight is 380 g/mol. The molecule has 1 atom stereocenters. The number of carbonyl (C=O) groups excluding carboxylic acids is 2. The van der Waals surface area contributed by atoms with E-state index in [1.54, 1.807) is 17.0 Å². The van der Waals surface area contributed by atoms with E-state index in [0.29, 0.717) is 12.1 Å². The first kappa shape index (κ1) is 18.7. The summed E-state index contributed by atoms with van der Waals surface area (Å²) in [5.41, 5.74) is 2.46. The summed E-state index contributed by atoms with van der Waals surface area (Å²) >= 11 is 0. The number of amides is 2. The molecule has 1 fully saturated rings. The van der Waals surface area contributed by atoms with Gasteiger partial charge in [-0.3, -0.25) is 9.59 Å². The Morgan fingerprint density at radius 1 is 0.964 bits per heavy atom. The first-order valence-corrected chi connectivity index (χ1v) is 10.1. The van der Waals surface area contributed by atoms with E-state index in [2.05, 4.69) is 0 Å². The number of rotatable bonds is 4. The smallest absolute Gasteiger partial charge is 0.255 e. The molecular formula is C23H25FN2O2. The molecule has 28 heavy (non-hydrogen) atoms. The van der Waals surface area contributed by atoms with Crippen LogP contribution in [0.2, 0.25) is 0 Å². The largest absolute Gasteiger partial charge is 0.343 e. The molecule has 0 bridgehead atoms. The zero-order chi connectivity index (χ0) is 19.5. The van der Waals surface area contributed by atoms with E-state index in [1.165, 1.54) is 12.1 Å². The molecule has 0 radical (unpaired) electrons. The number of likely N-dealkylation sites (tertiary alicyclic amines) is 1. The number of fused-ring (bicyclic) bond motifs is 1. The van der Waals surface area contributed by atoms with Crippen LogP contribution in [0.3, 0.4) is 0 Å². The highest BCUT2D eigenvalue weighted by Crippen LogP contribution is 2.34. The van der Waals surface area contributed by atoms with E-state index in [1.807, 2.05) is 29.2 Å². The first-order valence-electron chi connectivity index (χ1n) is 10.1. The number of carbonyl (C=O) groups is 2. The predicted octanol–water partition coefficient (Wildman–Crippen LogP) is 4.32. The zero-order valence-electron chi connectivity index (χ0n) is 15.9. The molecule has 0 aliphatic carbocycles. The van der Waals surface area contributed by atoms with Gasteiger partial charge >= 0.3 is 0 Å². The third-order valence-electron chi connectivity index (χ3n) is 5.81. The van der Waals surface area contributed by atoms with Crippen molar-refractivity contribution in [2.75, 3.05) is 13.1 Å². The van der Waals surface area contributed by atoms with Crippen molar-refractivity contribution in [2.45, 2.75) is 44.7 Å². The lowest BCUT2D eigenvalue weighted by atomic mass is 10.0. The van der Waals surface area contributed by atoms with Gasteiger partial charge in [0.15, 0.2) is 0 Å². The summed E-state index contributed by atoms with van der Waals surface area (Å²) in [6.07, 6.45) is 4.60. The number of hydrogen-bond donors (Lipinski definition) is 0. The van der Waals surface area contributed by atoms with Crippen molar-refractivity contribution in [2.24, 2.45) is 0 Å². The van der Waals surface area contributed by atoms with Crippen molar-refractivity contribution in [3.05, 3.63) is 71.0 Å². The Bertz CT molecular complexity index is 857. The fourth-order valence-electron chi connectivity index (χ4n) is 4.24. The van der Waals surface area contributed by atoms with Crippen molar-refractivity contribution in [1.82, 2.24) is 9.80 Å². The lowest BCUT2D eigenvalue weighted by Gasteiger charge is -2.30. The number of benzene rings is 2. The Labute approximate surface area is 164 Å². The molecule has 4 nitrogen and oxygen atoms in total. The maximum absolute atomic E-state index is 13.5. The van der Waals surface area contributed by atoms with Crippen LogP contribution >= 0.6 is 0 Å². The standard InChI is InChI=1S/C23H25FN2O2/c24-19-11-9-17(10-12-19)21(15-22(27)25-13-5-1-2-6-14-25)26-16-18-7-3-4-8-20(18)23(26)28/h3-4,7-12,21H,1-2,5-6,13-16H2. The topological polar surface area (TPSA) is 40.6 Å². The quantitative estimate of drug-likeness (QED) is 0.793. The minimum Gasteiger partial charge on any atom is -0.343 e. The Balaban J connectivity index is 1.60. The molecule has 146 valence electrons. The highest BCUT2D eigenvalue weighted by atomic mass is 19.1. The molecule has 2 heterocycles. The van der Waals surface area contributed by atoms with Crippen LogP contribution in [-0.4, -0.2) is 34.7 Å². The van der Waals surface area contributed by atoms with Gasteiger partial charge in [0.1, 0.15) is 5.82 Å². The summed E-state index contributed by atoms with van der Waals surface area (Å²) in [6, 6.07) is 13.3.